The third kappa shape index (κ3) is 4.12. The van der Waals surface area contributed by atoms with Gasteiger partial charge in [0.2, 0.25) is 0 Å². The van der Waals surface area contributed by atoms with Gasteiger partial charge in [-0.2, -0.15) is 5.10 Å². The molecule has 0 aliphatic heterocycles. The van der Waals surface area contributed by atoms with Crippen LogP contribution in [0.5, 0.6) is 11.5 Å². The molecular weight excluding hydrogens is 369 g/mol. The highest BCUT2D eigenvalue weighted by Crippen LogP contribution is 2.29. The number of benzene rings is 2. The largest absolute Gasteiger partial charge is 0.504 e. The number of aromatic hydroxyl groups is 1. The highest BCUT2D eigenvalue weighted by Gasteiger charge is 2.17. The van der Waals surface area contributed by atoms with E-state index in [0.29, 0.717) is 32.5 Å². The van der Waals surface area contributed by atoms with Crippen molar-refractivity contribution < 1.29 is 19.0 Å². The van der Waals surface area contributed by atoms with Gasteiger partial charge in [-0.25, -0.2) is 14.8 Å². The molecule has 0 atom stereocenters. The zero-order valence-electron chi connectivity index (χ0n) is 14.6. The minimum absolute atomic E-state index is 0.0272. The Morgan fingerprint density at radius 1 is 1.33 bits per heavy atom. The molecule has 138 valence electrons. The average Bonchev–Trinajstić information content (AvgIpc) is 3.04. The second kappa shape index (κ2) is 7.96. The zero-order valence-corrected chi connectivity index (χ0v) is 15.4. The van der Waals surface area contributed by atoms with Crippen LogP contribution in [-0.2, 0) is 0 Å². The summed E-state index contributed by atoms with van der Waals surface area (Å²) in [5.41, 5.74) is 3.84. The third-order valence-electron chi connectivity index (χ3n) is 3.69. The van der Waals surface area contributed by atoms with Gasteiger partial charge in [0.1, 0.15) is 15.7 Å². The summed E-state index contributed by atoms with van der Waals surface area (Å²) in [6.45, 7) is 1.68. The lowest BCUT2D eigenvalue weighted by Gasteiger charge is -2.03. The molecule has 1 aromatic heterocycles. The maximum atomic E-state index is 13.9. The zero-order chi connectivity index (χ0) is 19.4. The van der Waals surface area contributed by atoms with Gasteiger partial charge in [-0.15, -0.1) is 11.3 Å². The molecule has 0 saturated heterocycles. The van der Waals surface area contributed by atoms with Crippen molar-refractivity contribution in [3.05, 3.63) is 64.4 Å². The van der Waals surface area contributed by atoms with Gasteiger partial charge in [-0.3, -0.25) is 4.79 Å². The van der Waals surface area contributed by atoms with E-state index in [4.69, 9.17) is 4.74 Å². The number of amides is 1. The van der Waals surface area contributed by atoms with Gasteiger partial charge < -0.3 is 9.84 Å². The number of aromatic nitrogens is 1. The molecular formula is C19H16FN3O3S. The molecule has 3 aromatic rings. The summed E-state index contributed by atoms with van der Waals surface area (Å²) < 4.78 is 18.9. The molecule has 1 heterocycles. The lowest BCUT2D eigenvalue weighted by molar-refractivity contribution is 0.0958. The van der Waals surface area contributed by atoms with Gasteiger partial charge in [0, 0.05) is 5.56 Å². The minimum atomic E-state index is -0.443. The molecule has 0 spiro atoms. The predicted octanol–water partition coefficient (Wildman–Crippen LogP) is 3.74. The Labute approximate surface area is 159 Å². The van der Waals surface area contributed by atoms with Crippen LogP contribution in [0.1, 0.15) is 20.9 Å². The highest BCUT2D eigenvalue weighted by atomic mass is 32.1. The van der Waals surface area contributed by atoms with Crippen LogP contribution in [0.2, 0.25) is 0 Å². The number of hydrogen-bond donors (Lipinski definition) is 2. The van der Waals surface area contributed by atoms with Crippen LogP contribution >= 0.6 is 11.3 Å². The van der Waals surface area contributed by atoms with Gasteiger partial charge in [0.25, 0.3) is 5.91 Å². The van der Waals surface area contributed by atoms with Crippen molar-refractivity contribution in [2.24, 2.45) is 5.10 Å². The number of rotatable bonds is 5. The number of ether oxygens (including phenoxy) is 1. The van der Waals surface area contributed by atoms with Crippen LogP contribution in [-0.4, -0.2) is 29.3 Å². The topological polar surface area (TPSA) is 83.8 Å². The van der Waals surface area contributed by atoms with Crippen LogP contribution in [0.25, 0.3) is 10.6 Å². The molecule has 2 N–H and O–H groups in total. The van der Waals surface area contributed by atoms with Gasteiger partial charge >= 0.3 is 0 Å². The summed E-state index contributed by atoms with van der Waals surface area (Å²) in [7, 11) is 1.45. The number of aryl methyl sites for hydroxylation is 1. The lowest BCUT2D eigenvalue weighted by atomic mass is 10.2. The SMILES string of the molecule is COc1ccc(C=NNC(=O)c2sc(-c3ccccc3F)nc2C)cc1O. The third-order valence-corrected chi connectivity index (χ3v) is 4.88. The number of phenolic OH excluding ortho intramolecular Hbond substituents is 1. The van der Waals surface area contributed by atoms with Crippen LogP contribution in [0.3, 0.4) is 0 Å². The van der Waals surface area contributed by atoms with E-state index in [0.717, 1.165) is 11.3 Å². The lowest BCUT2D eigenvalue weighted by Crippen LogP contribution is -2.17. The van der Waals surface area contributed by atoms with Crippen molar-refractivity contribution in [2.75, 3.05) is 7.11 Å². The van der Waals surface area contributed by atoms with Crippen molar-refractivity contribution in [2.45, 2.75) is 6.92 Å². The van der Waals surface area contributed by atoms with Crippen molar-refractivity contribution in [3.63, 3.8) is 0 Å². The molecule has 0 radical (unpaired) electrons. The summed E-state index contributed by atoms with van der Waals surface area (Å²) in [6.07, 6.45) is 1.39. The number of nitrogens with zero attached hydrogens (tertiary/aromatic N) is 2. The average molecular weight is 385 g/mol. The standard InChI is InChI=1S/C19H16FN3O3S/c1-11-17(27-19(22-11)13-5-3-4-6-14(13)20)18(25)23-21-10-12-7-8-16(26-2)15(24)9-12/h3-10,24H,1-2H3,(H,23,25). The number of carbonyl (C=O) groups excluding carboxylic acids is 1. The van der Waals surface area contributed by atoms with E-state index in [1.165, 1.54) is 25.5 Å². The first-order valence-electron chi connectivity index (χ1n) is 7.92. The van der Waals surface area contributed by atoms with E-state index < -0.39 is 11.7 Å². The summed E-state index contributed by atoms with van der Waals surface area (Å²) in [5.74, 6) is -0.519. The van der Waals surface area contributed by atoms with Crippen LogP contribution < -0.4 is 10.2 Å². The Bertz CT molecular complexity index is 1020. The first-order valence-corrected chi connectivity index (χ1v) is 8.74. The van der Waals surface area contributed by atoms with E-state index in [9.17, 15) is 14.3 Å². The molecule has 0 fully saturated rings. The highest BCUT2D eigenvalue weighted by molar-refractivity contribution is 7.17. The van der Waals surface area contributed by atoms with Crippen LogP contribution in [0.15, 0.2) is 47.6 Å². The fourth-order valence-corrected chi connectivity index (χ4v) is 3.34. The molecule has 3 rings (SSSR count). The first-order chi connectivity index (χ1) is 13.0. The van der Waals surface area contributed by atoms with E-state index in [2.05, 4.69) is 15.5 Å². The molecule has 8 heteroatoms. The van der Waals surface area contributed by atoms with Crippen molar-refractivity contribution in [1.82, 2.24) is 10.4 Å². The Morgan fingerprint density at radius 2 is 2.11 bits per heavy atom. The fraction of sp³-hybridized carbons (Fsp3) is 0.105. The Morgan fingerprint density at radius 3 is 2.81 bits per heavy atom. The molecule has 0 aliphatic carbocycles. The van der Waals surface area contributed by atoms with Gasteiger partial charge in [-0.1, -0.05) is 12.1 Å². The van der Waals surface area contributed by atoms with Gasteiger partial charge in [-0.05, 0) is 42.8 Å². The molecule has 0 aliphatic rings. The summed E-state index contributed by atoms with van der Waals surface area (Å²) in [6, 6.07) is 11.0. The van der Waals surface area contributed by atoms with E-state index in [-0.39, 0.29) is 5.75 Å². The number of carbonyl (C=O) groups is 1. The quantitative estimate of drug-likeness (QED) is 0.518. The van der Waals surface area contributed by atoms with E-state index in [1.54, 1.807) is 37.3 Å². The monoisotopic (exact) mass is 385 g/mol. The van der Waals surface area contributed by atoms with Crippen LogP contribution in [0, 0.1) is 12.7 Å². The number of methoxy groups -OCH3 is 1. The molecule has 0 saturated carbocycles. The maximum absolute atomic E-state index is 13.9. The van der Waals surface area contributed by atoms with Crippen molar-refractivity contribution in [3.8, 4) is 22.1 Å². The number of hydrazone groups is 1. The summed E-state index contributed by atoms with van der Waals surface area (Å²) in [4.78, 5) is 17.0. The van der Waals surface area contributed by atoms with Crippen LogP contribution in [0.4, 0.5) is 4.39 Å². The Balaban J connectivity index is 1.73. The second-order valence-electron chi connectivity index (χ2n) is 5.54. The number of hydrogen-bond acceptors (Lipinski definition) is 6. The Kier molecular flexibility index (Phi) is 5.46. The Hall–Kier alpha value is -3.26. The van der Waals surface area contributed by atoms with Crippen molar-refractivity contribution in [1.29, 1.82) is 0 Å². The summed E-state index contributed by atoms with van der Waals surface area (Å²) in [5, 5.41) is 14.1. The molecule has 6 nitrogen and oxygen atoms in total. The molecule has 27 heavy (non-hydrogen) atoms. The second-order valence-corrected chi connectivity index (χ2v) is 6.54. The smallest absolute Gasteiger partial charge is 0.283 e. The normalized spacial score (nSPS) is 10.9. The maximum Gasteiger partial charge on any atom is 0.283 e. The number of thiazole rings is 1. The van der Waals surface area contributed by atoms with Gasteiger partial charge in [0.15, 0.2) is 11.5 Å². The fourth-order valence-electron chi connectivity index (χ4n) is 2.36. The number of nitrogens with one attached hydrogen (secondary N) is 1. The summed E-state index contributed by atoms with van der Waals surface area (Å²) >= 11 is 1.09. The minimum Gasteiger partial charge on any atom is -0.504 e. The molecule has 0 bridgehead atoms. The molecule has 2 aromatic carbocycles. The number of halogens is 1. The predicted molar refractivity (Wildman–Crippen MR) is 102 cm³/mol. The first kappa shape index (κ1) is 18.5. The van der Waals surface area contributed by atoms with E-state index in [1.807, 2.05) is 0 Å². The van der Waals surface area contributed by atoms with Crippen molar-refractivity contribution >= 4 is 23.5 Å². The molecule has 1 amide bonds. The molecule has 0 unspecified atom stereocenters. The van der Waals surface area contributed by atoms with E-state index >= 15 is 0 Å². The van der Waals surface area contributed by atoms with Gasteiger partial charge in [0.05, 0.1) is 19.0 Å². The number of phenols is 1.